The summed E-state index contributed by atoms with van der Waals surface area (Å²) < 4.78 is 1.98. The Morgan fingerprint density at radius 2 is 2.29 bits per heavy atom. The minimum absolute atomic E-state index is 0.559. The number of aromatic nitrogens is 1. The van der Waals surface area contributed by atoms with E-state index in [1.807, 2.05) is 29.0 Å². The zero-order valence-corrected chi connectivity index (χ0v) is 7.60. The summed E-state index contributed by atoms with van der Waals surface area (Å²) in [4.78, 5) is 10.5. The molecular formula is C12H9NO. The van der Waals surface area contributed by atoms with E-state index in [1.54, 1.807) is 6.07 Å². The second-order valence-corrected chi connectivity index (χ2v) is 3.08. The standard InChI is InChI=1S/C12H9NO/c1-2-6-13-7-5-11-8-10(9-14)3-4-12(11)13/h1,3-5,7-9H,6H2. The first-order valence-electron chi connectivity index (χ1n) is 4.32. The molecule has 1 heterocycles. The first-order valence-corrected chi connectivity index (χ1v) is 4.32. The molecule has 0 amide bonds. The predicted octanol–water partition coefficient (Wildman–Crippen LogP) is 2.09. The molecular weight excluding hydrogens is 174 g/mol. The van der Waals surface area contributed by atoms with Crippen LogP contribution in [-0.4, -0.2) is 10.9 Å². The van der Waals surface area contributed by atoms with Crippen LogP contribution in [0.1, 0.15) is 10.4 Å². The van der Waals surface area contributed by atoms with E-state index >= 15 is 0 Å². The van der Waals surface area contributed by atoms with Gasteiger partial charge in [-0.3, -0.25) is 4.79 Å². The molecule has 0 bridgehead atoms. The number of fused-ring (bicyclic) bond motifs is 1. The van der Waals surface area contributed by atoms with Crippen molar-refractivity contribution in [3.8, 4) is 12.3 Å². The van der Waals surface area contributed by atoms with E-state index in [4.69, 9.17) is 6.42 Å². The lowest BCUT2D eigenvalue weighted by atomic mass is 10.2. The first kappa shape index (κ1) is 8.58. The summed E-state index contributed by atoms with van der Waals surface area (Å²) in [6.07, 6.45) is 8.01. The molecule has 0 spiro atoms. The number of hydrogen-bond acceptors (Lipinski definition) is 1. The highest BCUT2D eigenvalue weighted by Crippen LogP contribution is 2.16. The Morgan fingerprint density at radius 3 is 3.00 bits per heavy atom. The van der Waals surface area contributed by atoms with Gasteiger partial charge in [-0.05, 0) is 24.3 Å². The van der Waals surface area contributed by atoms with Crippen LogP contribution in [0.25, 0.3) is 10.9 Å². The number of carbonyl (C=O) groups is 1. The third kappa shape index (κ3) is 1.29. The number of terminal acetylenes is 1. The highest BCUT2D eigenvalue weighted by molar-refractivity contribution is 5.87. The van der Waals surface area contributed by atoms with Gasteiger partial charge in [0.05, 0.1) is 6.54 Å². The van der Waals surface area contributed by atoms with E-state index in [0.29, 0.717) is 12.1 Å². The zero-order valence-electron chi connectivity index (χ0n) is 7.60. The fourth-order valence-corrected chi connectivity index (χ4v) is 1.53. The largest absolute Gasteiger partial charge is 0.336 e. The second-order valence-electron chi connectivity index (χ2n) is 3.08. The Balaban J connectivity index is 2.60. The summed E-state index contributed by atoms with van der Waals surface area (Å²) in [5, 5.41) is 1.05. The number of rotatable bonds is 2. The zero-order chi connectivity index (χ0) is 9.97. The van der Waals surface area contributed by atoms with Crippen LogP contribution < -0.4 is 0 Å². The molecule has 2 nitrogen and oxygen atoms in total. The van der Waals surface area contributed by atoms with E-state index in [0.717, 1.165) is 17.2 Å². The molecule has 0 aliphatic rings. The fraction of sp³-hybridized carbons (Fsp3) is 0.0833. The van der Waals surface area contributed by atoms with Crippen molar-refractivity contribution in [2.75, 3.05) is 0 Å². The van der Waals surface area contributed by atoms with Gasteiger partial charge in [0.2, 0.25) is 0 Å². The summed E-state index contributed by atoms with van der Waals surface area (Å²) >= 11 is 0. The van der Waals surface area contributed by atoms with Crippen molar-refractivity contribution < 1.29 is 4.79 Å². The molecule has 0 N–H and O–H groups in total. The lowest BCUT2D eigenvalue weighted by Crippen LogP contribution is -1.92. The minimum Gasteiger partial charge on any atom is -0.336 e. The fourth-order valence-electron chi connectivity index (χ4n) is 1.53. The summed E-state index contributed by atoms with van der Waals surface area (Å²) in [7, 11) is 0. The van der Waals surface area contributed by atoms with Crippen LogP contribution in [0, 0.1) is 12.3 Å². The molecule has 2 aromatic rings. The maximum atomic E-state index is 10.5. The maximum Gasteiger partial charge on any atom is 0.150 e. The maximum absolute atomic E-state index is 10.5. The molecule has 1 aromatic carbocycles. The molecule has 0 radical (unpaired) electrons. The Hall–Kier alpha value is -2.01. The van der Waals surface area contributed by atoms with Gasteiger partial charge in [0.25, 0.3) is 0 Å². The topological polar surface area (TPSA) is 22.0 Å². The molecule has 2 heteroatoms. The Labute approximate surface area is 82.2 Å². The van der Waals surface area contributed by atoms with Crippen LogP contribution in [0.4, 0.5) is 0 Å². The van der Waals surface area contributed by atoms with Crippen molar-refractivity contribution in [3.63, 3.8) is 0 Å². The minimum atomic E-state index is 0.559. The molecule has 1 aromatic heterocycles. The molecule has 0 saturated carbocycles. The second kappa shape index (κ2) is 3.39. The van der Waals surface area contributed by atoms with Crippen LogP contribution in [0.2, 0.25) is 0 Å². The lowest BCUT2D eigenvalue weighted by molar-refractivity contribution is 0.112. The van der Waals surface area contributed by atoms with Crippen molar-refractivity contribution in [2.24, 2.45) is 0 Å². The number of carbonyl (C=O) groups excluding carboxylic acids is 1. The highest BCUT2D eigenvalue weighted by Gasteiger charge is 2.00. The van der Waals surface area contributed by atoms with Gasteiger partial charge in [-0.1, -0.05) is 5.92 Å². The predicted molar refractivity (Wildman–Crippen MR) is 56.2 cm³/mol. The summed E-state index contributed by atoms with van der Waals surface area (Å²) in [6.45, 7) is 0.559. The van der Waals surface area contributed by atoms with Gasteiger partial charge in [-0.2, -0.15) is 0 Å². The van der Waals surface area contributed by atoms with Crippen molar-refractivity contribution in [1.82, 2.24) is 4.57 Å². The third-order valence-electron chi connectivity index (χ3n) is 2.19. The van der Waals surface area contributed by atoms with E-state index in [1.165, 1.54) is 0 Å². The van der Waals surface area contributed by atoms with Gasteiger partial charge in [0.1, 0.15) is 6.29 Å². The Bertz CT molecular complexity index is 517. The number of nitrogens with zero attached hydrogens (tertiary/aromatic N) is 1. The normalized spacial score (nSPS) is 9.93. The first-order chi connectivity index (χ1) is 6.85. The SMILES string of the molecule is C#CCn1ccc2cc(C=O)ccc21. The van der Waals surface area contributed by atoms with Gasteiger partial charge in [-0.15, -0.1) is 6.42 Å². The molecule has 0 saturated heterocycles. The van der Waals surface area contributed by atoms with Gasteiger partial charge in [0.15, 0.2) is 0 Å². The van der Waals surface area contributed by atoms with Crippen molar-refractivity contribution in [1.29, 1.82) is 0 Å². The number of benzene rings is 1. The quantitative estimate of drug-likeness (QED) is 0.516. The third-order valence-corrected chi connectivity index (χ3v) is 2.19. The molecule has 0 aliphatic heterocycles. The Kier molecular flexibility index (Phi) is 2.08. The van der Waals surface area contributed by atoms with Crippen molar-refractivity contribution in [3.05, 3.63) is 36.0 Å². The molecule has 2 rings (SSSR count). The summed E-state index contributed by atoms with van der Waals surface area (Å²) in [6, 6.07) is 7.52. The molecule has 0 unspecified atom stereocenters. The van der Waals surface area contributed by atoms with Crippen LogP contribution in [0.3, 0.4) is 0 Å². The molecule has 0 aliphatic carbocycles. The van der Waals surface area contributed by atoms with E-state index in [2.05, 4.69) is 5.92 Å². The summed E-state index contributed by atoms with van der Waals surface area (Å²) in [5.41, 5.74) is 1.75. The smallest absolute Gasteiger partial charge is 0.150 e. The van der Waals surface area contributed by atoms with E-state index < -0.39 is 0 Å². The Morgan fingerprint density at radius 1 is 1.43 bits per heavy atom. The van der Waals surface area contributed by atoms with Gasteiger partial charge in [-0.25, -0.2) is 0 Å². The van der Waals surface area contributed by atoms with Crippen LogP contribution in [0.15, 0.2) is 30.5 Å². The van der Waals surface area contributed by atoms with E-state index in [-0.39, 0.29) is 0 Å². The van der Waals surface area contributed by atoms with Crippen molar-refractivity contribution in [2.45, 2.75) is 6.54 Å². The molecule has 14 heavy (non-hydrogen) atoms. The number of aldehydes is 1. The molecule has 0 fully saturated rings. The average molecular weight is 183 g/mol. The van der Waals surface area contributed by atoms with Gasteiger partial charge >= 0.3 is 0 Å². The molecule has 0 atom stereocenters. The monoisotopic (exact) mass is 183 g/mol. The highest BCUT2D eigenvalue weighted by atomic mass is 16.1. The van der Waals surface area contributed by atoms with Crippen molar-refractivity contribution >= 4 is 17.2 Å². The van der Waals surface area contributed by atoms with Crippen LogP contribution >= 0.6 is 0 Å². The van der Waals surface area contributed by atoms with Gasteiger partial charge in [0, 0.05) is 22.7 Å². The molecule has 68 valence electrons. The van der Waals surface area contributed by atoms with Crippen LogP contribution in [-0.2, 0) is 6.54 Å². The average Bonchev–Trinajstić information content (AvgIpc) is 2.61. The summed E-state index contributed by atoms with van der Waals surface area (Å²) in [5.74, 6) is 2.58. The lowest BCUT2D eigenvalue weighted by Gasteiger charge is -1.99. The van der Waals surface area contributed by atoms with E-state index in [9.17, 15) is 4.79 Å². The van der Waals surface area contributed by atoms with Gasteiger partial charge < -0.3 is 4.57 Å². The number of hydrogen-bond donors (Lipinski definition) is 0. The van der Waals surface area contributed by atoms with Crippen LogP contribution in [0.5, 0.6) is 0 Å².